The molecule has 158 valence electrons. The number of unbranched alkanes of at least 4 members (excludes halogenated alkanes) is 1. The summed E-state index contributed by atoms with van der Waals surface area (Å²) in [7, 11) is 0. The SMILES string of the molecule is CCCCC(CC)Cn1c(-c2ccc([N+](=O)[O-])cc2)csc1=Nc1ccc(F)cc1. The molecule has 0 aliphatic heterocycles. The van der Waals surface area contributed by atoms with Crippen molar-refractivity contribution in [2.45, 2.75) is 46.1 Å². The molecule has 0 N–H and O–H groups in total. The van der Waals surface area contributed by atoms with Crippen LogP contribution in [0.15, 0.2) is 58.9 Å². The summed E-state index contributed by atoms with van der Waals surface area (Å²) in [5.74, 6) is 0.230. The average molecular weight is 428 g/mol. The van der Waals surface area contributed by atoms with E-state index in [0.29, 0.717) is 11.6 Å². The van der Waals surface area contributed by atoms with Crippen molar-refractivity contribution < 1.29 is 9.31 Å². The lowest BCUT2D eigenvalue weighted by molar-refractivity contribution is -0.384. The van der Waals surface area contributed by atoms with Crippen LogP contribution in [-0.4, -0.2) is 9.49 Å². The van der Waals surface area contributed by atoms with E-state index in [4.69, 9.17) is 4.99 Å². The summed E-state index contributed by atoms with van der Waals surface area (Å²) in [6.45, 7) is 5.23. The van der Waals surface area contributed by atoms with Crippen LogP contribution in [0.4, 0.5) is 15.8 Å². The van der Waals surface area contributed by atoms with E-state index in [1.54, 1.807) is 24.3 Å². The lowest BCUT2D eigenvalue weighted by Gasteiger charge is -2.17. The normalized spacial score (nSPS) is 12.8. The first-order valence-electron chi connectivity index (χ1n) is 10.2. The van der Waals surface area contributed by atoms with Gasteiger partial charge in [0.1, 0.15) is 5.82 Å². The van der Waals surface area contributed by atoms with Gasteiger partial charge in [-0.25, -0.2) is 9.38 Å². The first-order chi connectivity index (χ1) is 14.5. The molecule has 1 atom stereocenters. The highest BCUT2D eigenvalue weighted by Gasteiger charge is 2.14. The first kappa shape index (κ1) is 21.9. The van der Waals surface area contributed by atoms with Gasteiger partial charge in [-0.3, -0.25) is 10.1 Å². The van der Waals surface area contributed by atoms with Crippen LogP contribution in [0.25, 0.3) is 11.3 Å². The van der Waals surface area contributed by atoms with E-state index >= 15 is 0 Å². The number of nitrogens with zero attached hydrogens (tertiary/aromatic N) is 3. The Kier molecular flexibility index (Phi) is 7.52. The summed E-state index contributed by atoms with van der Waals surface area (Å²) in [6, 6.07) is 12.8. The second-order valence-electron chi connectivity index (χ2n) is 7.32. The Bertz CT molecular complexity index is 1040. The van der Waals surface area contributed by atoms with Gasteiger partial charge in [-0.1, -0.05) is 33.1 Å². The fourth-order valence-corrected chi connectivity index (χ4v) is 4.32. The highest BCUT2D eigenvalue weighted by atomic mass is 32.1. The molecule has 0 amide bonds. The van der Waals surface area contributed by atoms with Crippen LogP contribution in [0.2, 0.25) is 0 Å². The summed E-state index contributed by atoms with van der Waals surface area (Å²) >= 11 is 1.53. The number of aromatic nitrogens is 1. The third-order valence-corrected chi connectivity index (χ3v) is 6.07. The van der Waals surface area contributed by atoms with E-state index in [1.165, 1.54) is 42.0 Å². The molecule has 3 aromatic rings. The number of thiazole rings is 1. The zero-order valence-corrected chi connectivity index (χ0v) is 18.1. The first-order valence-corrected chi connectivity index (χ1v) is 11.1. The largest absolute Gasteiger partial charge is 0.316 e. The molecule has 2 aromatic carbocycles. The van der Waals surface area contributed by atoms with Crippen LogP contribution in [-0.2, 0) is 6.54 Å². The minimum atomic E-state index is -0.390. The van der Waals surface area contributed by atoms with Gasteiger partial charge in [0, 0.05) is 24.1 Å². The third-order valence-electron chi connectivity index (χ3n) is 5.21. The van der Waals surface area contributed by atoms with Crippen molar-refractivity contribution in [2.75, 3.05) is 0 Å². The second-order valence-corrected chi connectivity index (χ2v) is 8.16. The van der Waals surface area contributed by atoms with Crippen LogP contribution in [0.5, 0.6) is 0 Å². The van der Waals surface area contributed by atoms with Crippen molar-refractivity contribution in [3.63, 3.8) is 0 Å². The molecule has 0 bridgehead atoms. The predicted octanol–water partition coefficient (Wildman–Crippen LogP) is 6.71. The molecule has 0 fully saturated rings. The summed E-state index contributed by atoms with van der Waals surface area (Å²) < 4.78 is 15.5. The van der Waals surface area contributed by atoms with Gasteiger partial charge in [-0.15, -0.1) is 11.3 Å². The second kappa shape index (κ2) is 10.3. The molecule has 30 heavy (non-hydrogen) atoms. The van der Waals surface area contributed by atoms with E-state index in [9.17, 15) is 14.5 Å². The van der Waals surface area contributed by atoms with E-state index in [-0.39, 0.29) is 11.5 Å². The summed E-state index contributed by atoms with van der Waals surface area (Å²) in [4.78, 5) is 16.2. The van der Waals surface area contributed by atoms with Gasteiger partial charge in [0.05, 0.1) is 16.3 Å². The Morgan fingerprint density at radius 1 is 1.13 bits per heavy atom. The molecule has 0 aliphatic carbocycles. The van der Waals surface area contributed by atoms with Gasteiger partial charge >= 0.3 is 0 Å². The van der Waals surface area contributed by atoms with Crippen molar-refractivity contribution in [1.82, 2.24) is 4.57 Å². The zero-order valence-electron chi connectivity index (χ0n) is 17.3. The molecule has 1 unspecified atom stereocenters. The highest BCUT2D eigenvalue weighted by molar-refractivity contribution is 7.07. The standard InChI is InChI=1S/C23H26FN3O2S/c1-3-5-6-17(4-2)15-26-22(18-7-13-21(14-8-18)27(28)29)16-30-23(26)25-20-11-9-19(24)10-12-20/h7-14,16-17H,3-6,15H2,1-2H3. The number of halogens is 1. The van der Waals surface area contributed by atoms with Gasteiger partial charge in [0.25, 0.3) is 5.69 Å². The minimum Gasteiger partial charge on any atom is -0.316 e. The molecular weight excluding hydrogens is 401 g/mol. The van der Waals surface area contributed by atoms with E-state index in [1.807, 2.05) is 5.38 Å². The average Bonchev–Trinajstić information content (AvgIpc) is 3.14. The maximum Gasteiger partial charge on any atom is 0.269 e. The molecule has 1 aromatic heterocycles. The van der Waals surface area contributed by atoms with Crippen molar-refractivity contribution >= 4 is 22.7 Å². The number of nitro groups is 1. The van der Waals surface area contributed by atoms with Gasteiger partial charge in [0.2, 0.25) is 0 Å². The quantitative estimate of drug-likeness (QED) is 0.281. The summed E-state index contributed by atoms with van der Waals surface area (Å²) in [5, 5.41) is 13.0. The highest BCUT2D eigenvalue weighted by Crippen LogP contribution is 2.26. The van der Waals surface area contributed by atoms with Crippen LogP contribution in [0.3, 0.4) is 0 Å². The predicted molar refractivity (Wildman–Crippen MR) is 119 cm³/mol. The Morgan fingerprint density at radius 3 is 2.43 bits per heavy atom. The van der Waals surface area contributed by atoms with Crippen molar-refractivity contribution in [3.05, 3.63) is 74.6 Å². The Balaban J connectivity index is 2.04. The fourth-order valence-electron chi connectivity index (χ4n) is 3.38. The molecule has 3 rings (SSSR count). The summed E-state index contributed by atoms with van der Waals surface area (Å²) in [5.41, 5.74) is 2.68. The number of nitro benzene ring substituents is 1. The maximum atomic E-state index is 13.3. The van der Waals surface area contributed by atoms with Crippen LogP contribution in [0, 0.1) is 21.8 Å². The monoisotopic (exact) mass is 427 g/mol. The number of hydrogen-bond donors (Lipinski definition) is 0. The fraction of sp³-hybridized carbons (Fsp3) is 0.348. The molecule has 0 saturated carbocycles. The minimum absolute atomic E-state index is 0.0751. The van der Waals surface area contributed by atoms with E-state index in [2.05, 4.69) is 18.4 Å². The molecule has 5 nitrogen and oxygen atoms in total. The Labute approximate surface area is 179 Å². The van der Waals surface area contributed by atoms with Gasteiger partial charge < -0.3 is 4.57 Å². The smallest absolute Gasteiger partial charge is 0.269 e. The van der Waals surface area contributed by atoms with Crippen molar-refractivity contribution in [1.29, 1.82) is 0 Å². The number of rotatable bonds is 9. The maximum absolute atomic E-state index is 13.3. The molecule has 1 heterocycles. The van der Waals surface area contributed by atoms with E-state index < -0.39 is 4.92 Å². The topological polar surface area (TPSA) is 60.4 Å². The Hall–Kier alpha value is -2.80. The molecule has 0 spiro atoms. The molecule has 0 saturated heterocycles. The number of non-ortho nitro benzene ring substituents is 1. The van der Waals surface area contributed by atoms with Crippen molar-refractivity contribution in [3.8, 4) is 11.3 Å². The molecule has 0 aliphatic rings. The molecular formula is C23H26FN3O2S. The van der Waals surface area contributed by atoms with Gasteiger partial charge in [-0.2, -0.15) is 0 Å². The zero-order chi connectivity index (χ0) is 21.5. The molecule has 7 heteroatoms. The lowest BCUT2D eigenvalue weighted by atomic mass is 9.99. The molecule has 0 radical (unpaired) electrons. The summed E-state index contributed by atoms with van der Waals surface area (Å²) in [6.07, 6.45) is 4.55. The van der Waals surface area contributed by atoms with Gasteiger partial charge in [0.15, 0.2) is 4.80 Å². The van der Waals surface area contributed by atoms with E-state index in [0.717, 1.165) is 41.9 Å². The lowest BCUT2D eigenvalue weighted by Crippen LogP contribution is -2.21. The number of benzene rings is 2. The van der Waals surface area contributed by atoms with Crippen molar-refractivity contribution in [2.24, 2.45) is 10.9 Å². The third kappa shape index (κ3) is 5.42. The number of hydrogen-bond acceptors (Lipinski definition) is 4. The van der Waals surface area contributed by atoms with Crippen LogP contribution in [0.1, 0.15) is 39.5 Å². The van der Waals surface area contributed by atoms with Gasteiger partial charge in [-0.05, 0) is 54.3 Å². The van der Waals surface area contributed by atoms with Crippen LogP contribution < -0.4 is 4.80 Å². The Morgan fingerprint density at radius 2 is 1.83 bits per heavy atom. The van der Waals surface area contributed by atoms with Crippen LogP contribution >= 0.6 is 11.3 Å².